The van der Waals surface area contributed by atoms with Gasteiger partial charge in [0.15, 0.2) is 0 Å². The molecule has 2 aromatic rings. The molecule has 1 aliphatic carbocycles. The Morgan fingerprint density at radius 1 is 1.33 bits per heavy atom. The molecule has 5 heteroatoms. The average Bonchev–Trinajstić information content (AvgIpc) is 3.01. The van der Waals surface area contributed by atoms with Gasteiger partial charge in [-0.1, -0.05) is 19.3 Å². The topological polar surface area (TPSA) is 49.0 Å². The van der Waals surface area contributed by atoms with Crippen LogP contribution in [-0.2, 0) is 19.5 Å². The van der Waals surface area contributed by atoms with E-state index in [0.29, 0.717) is 5.92 Å². The van der Waals surface area contributed by atoms with E-state index in [0.717, 1.165) is 43.1 Å². The molecule has 128 valence electrons. The molecule has 4 nitrogen and oxygen atoms in total. The molecule has 2 aliphatic rings. The second kappa shape index (κ2) is 6.81. The lowest BCUT2D eigenvalue weighted by Gasteiger charge is -2.28. The molecule has 0 unspecified atom stereocenters. The normalized spacial score (nSPS) is 19.4. The first-order valence-corrected chi connectivity index (χ1v) is 9.96. The second-order valence-corrected chi connectivity index (χ2v) is 8.20. The lowest BCUT2D eigenvalue weighted by molar-refractivity contribution is 0.242. The van der Waals surface area contributed by atoms with Crippen LogP contribution in [0.25, 0.3) is 0 Å². The van der Waals surface area contributed by atoms with Crippen molar-refractivity contribution in [1.82, 2.24) is 14.9 Å². The first kappa shape index (κ1) is 16.0. The van der Waals surface area contributed by atoms with Crippen LogP contribution in [0.5, 0.6) is 0 Å². The lowest BCUT2D eigenvalue weighted by Crippen LogP contribution is -2.36. The van der Waals surface area contributed by atoms with Crippen LogP contribution in [0.2, 0.25) is 0 Å². The third-order valence-electron chi connectivity index (χ3n) is 5.49. The third kappa shape index (κ3) is 3.20. The summed E-state index contributed by atoms with van der Waals surface area (Å²) in [6, 6.07) is 2.17. The summed E-state index contributed by atoms with van der Waals surface area (Å²) in [5.74, 6) is 1.41. The number of H-pyrrole nitrogens is 1. The molecule has 0 amide bonds. The third-order valence-corrected chi connectivity index (χ3v) is 6.50. The van der Waals surface area contributed by atoms with Crippen LogP contribution in [0, 0.1) is 6.92 Å². The quantitative estimate of drug-likeness (QED) is 0.923. The SMILES string of the molecule is Cc1ccsc1CN1CCc2nc(C3CCCCC3)[nH]c(=O)c2C1. The summed E-state index contributed by atoms with van der Waals surface area (Å²) >= 11 is 1.81. The van der Waals surface area contributed by atoms with E-state index in [9.17, 15) is 4.79 Å². The highest BCUT2D eigenvalue weighted by Crippen LogP contribution is 2.31. The van der Waals surface area contributed by atoms with Crippen molar-refractivity contribution in [1.29, 1.82) is 0 Å². The van der Waals surface area contributed by atoms with Gasteiger partial charge in [0.1, 0.15) is 5.82 Å². The molecule has 0 radical (unpaired) electrons. The fourth-order valence-corrected chi connectivity index (χ4v) is 4.92. The number of rotatable bonds is 3. The molecule has 0 aromatic carbocycles. The molecule has 0 bridgehead atoms. The summed E-state index contributed by atoms with van der Waals surface area (Å²) in [4.78, 5) is 24.4. The number of aromatic amines is 1. The van der Waals surface area contributed by atoms with E-state index >= 15 is 0 Å². The number of fused-ring (bicyclic) bond motifs is 1. The Morgan fingerprint density at radius 3 is 2.92 bits per heavy atom. The van der Waals surface area contributed by atoms with Crippen molar-refractivity contribution in [2.45, 2.75) is 64.5 Å². The molecular weight excluding hydrogens is 318 g/mol. The summed E-state index contributed by atoms with van der Waals surface area (Å²) < 4.78 is 0. The molecule has 0 spiro atoms. The molecule has 0 saturated heterocycles. The molecule has 1 N–H and O–H groups in total. The first-order chi connectivity index (χ1) is 11.7. The number of hydrogen-bond acceptors (Lipinski definition) is 4. The van der Waals surface area contributed by atoms with Gasteiger partial charge in [-0.15, -0.1) is 11.3 Å². The number of hydrogen-bond donors (Lipinski definition) is 1. The highest BCUT2D eigenvalue weighted by Gasteiger charge is 2.24. The van der Waals surface area contributed by atoms with Gasteiger partial charge in [-0.25, -0.2) is 4.98 Å². The summed E-state index contributed by atoms with van der Waals surface area (Å²) in [6.07, 6.45) is 7.09. The lowest BCUT2D eigenvalue weighted by atomic mass is 9.88. The predicted octanol–water partition coefficient (Wildman–Crippen LogP) is 3.75. The largest absolute Gasteiger partial charge is 0.310 e. The zero-order valence-corrected chi connectivity index (χ0v) is 15.1. The van der Waals surface area contributed by atoms with Crippen LogP contribution in [0.3, 0.4) is 0 Å². The molecule has 0 atom stereocenters. The van der Waals surface area contributed by atoms with Gasteiger partial charge in [0.2, 0.25) is 0 Å². The van der Waals surface area contributed by atoms with Crippen molar-refractivity contribution in [3.8, 4) is 0 Å². The van der Waals surface area contributed by atoms with E-state index in [-0.39, 0.29) is 5.56 Å². The summed E-state index contributed by atoms with van der Waals surface area (Å²) in [6.45, 7) is 4.81. The number of aryl methyl sites for hydroxylation is 1. The Balaban J connectivity index is 1.53. The molecule has 3 heterocycles. The minimum absolute atomic E-state index is 0.0909. The maximum absolute atomic E-state index is 12.6. The minimum Gasteiger partial charge on any atom is -0.310 e. The predicted molar refractivity (Wildman–Crippen MR) is 97.6 cm³/mol. The van der Waals surface area contributed by atoms with Gasteiger partial charge in [-0.3, -0.25) is 9.69 Å². The zero-order chi connectivity index (χ0) is 16.5. The van der Waals surface area contributed by atoms with Crippen molar-refractivity contribution in [3.05, 3.63) is 49.3 Å². The van der Waals surface area contributed by atoms with Gasteiger partial charge < -0.3 is 4.98 Å². The molecule has 1 saturated carbocycles. The van der Waals surface area contributed by atoms with Crippen molar-refractivity contribution in [3.63, 3.8) is 0 Å². The van der Waals surface area contributed by atoms with E-state index in [1.807, 2.05) is 0 Å². The zero-order valence-electron chi connectivity index (χ0n) is 14.3. The molecule has 4 rings (SSSR count). The van der Waals surface area contributed by atoms with E-state index in [2.05, 4.69) is 28.3 Å². The fraction of sp³-hybridized carbons (Fsp3) is 0.579. The van der Waals surface area contributed by atoms with Crippen LogP contribution in [-0.4, -0.2) is 21.4 Å². The first-order valence-electron chi connectivity index (χ1n) is 9.08. The summed E-state index contributed by atoms with van der Waals surface area (Å²) in [7, 11) is 0. The number of nitrogens with zero attached hydrogens (tertiary/aromatic N) is 2. The maximum Gasteiger partial charge on any atom is 0.255 e. The Bertz CT molecular complexity index is 773. The van der Waals surface area contributed by atoms with Crippen molar-refractivity contribution in [2.75, 3.05) is 6.54 Å². The number of thiophene rings is 1. The fourth-order valence-electron chi connectivity index (χ4n) is 3.97. The van der Waals surface area contributed by atoms with Crippen molar-refractivity contribution < 1.29 is 0 Å². The number of aromatic nitrogens is 2. The number of nitrogens with one attached hydrogen (secondary N) is 1. The minimum atomic E-state index is 0.0909. The van der Waals surface area contributed by atoms with Gasteiger partial charge in [0.05, 0.1) is 11.3 Å². The van der Waals surface area contributed by atoms with E-state index in [1.165, 1.54) is 42.5 Å². The van der Waals surface area contributed by atoms with Gasteiger partial charge >= 0.3 is 0 Å². The van der Waals surface area contributed by atoms with Crippen LogP contribution in [0.15, 0.2) is 16.2 Å². The Hall–Kier alpha value is -1.46. The maximum atomic E-state index is 12.6. The Labute approximate surface area is 146 Å². The second-order valence-electron chi connectivity index (χ2n) is 7.20. The highest BCUT2D eigenvalue weighted by atomic mass is 32.1. The monoisotopic (exact) mass is 343 g/mol. The molecule has 2 aromatic heterocycles. The smallest absolute Gasteiger partial charge is 0.255 e. The van der Waals surface area contributed by atoms with Gasteiger partial charge in [-0.05, 0) is 36.8 Å². The summed E-state index contributed by atoms with van der Waals surface area (Å²) in [5, 5.41) is 2.15. The molecule has 24 heavy (non-hydrogen) atoms. The molecule has 1 fully saturated rings. The standard InChI is InChI=1S/C19H25N3OS/c1-13-8-10-24-17(13)12-22-9-7-16-15(11-22)19(23)21-18(20-16)14-5-3-2-4-6-14/h8,10,14H,2-7,9,11-12H2,1H3,(H,20,21,23). The van der Waals surface area contributed by atoms with Crippen LogP contribution in [0.1, 0.15) is 65.5 Å². The molecule has 1 aliphatic heterocycles. The van der Waals surface area contributed by atoms with E-state index < -0.39 is 0 Å². The highest BCUT2D eigenvalue weighted by molar-refractivity contribution is 7.10. The Kier molecular flexibility index (Phi) is 4.55. The van der Waals surface area contributed by atoms with Gasteiger partial charge in [0, 0.05) is 36.9 Å². The van der Waals surface area contributed by atoms with Crippen LogP contribution in [0.4, 0.5) is 0 Å². The van der Waals surface area contributed by atoms with Crippen LogP contribution >= 0.6 is 11.3 Å². The van der Waals surface area contributed by atoms with E-state index in [1.54, 1.807) is 11.3 Å². The molecular formula is C19H25N3OS. The van der Waals surface area contributed by atoms with Gasteiger partial charge in [0.25, 0.3) is 5.56 Å². The van der Waals surface area contributed by atoms with Crippen molar-refractivity contribution >= 4 is 11.3 Å². The summed E-state index contributed by atoms with van der Waals surface area (Å²) in [5.41, 5.74) is 3.37. The van der Waals surface area contributed by atoms with Crippen molar-refractivity contribution in [2.24, 2.45) is 0 Å². The van der Waals surface area contributed by atoms with Gasteiger partial charge in [-0.2, -0.15) is 0 Å². The Morgan fingerprint density at radius 2 is 2.17 bits per heavy atom. The van der Waals surface area contributed by atoms with Crippen LogP contribution < -0.4 is 5.56 Å². The average molecular weight is 343 g/mol. The van der Waals surface area contributed by atoms with E-state index in [4.69, 9.17) is 4.98 Å².